The van der Waals surface area contributed by atoms with E-state index in [1.54, 1.807) is 0 Å². The molecule has 4 nitrogen and oxygen atoms in total. The van der Waals surface area contributed by atoms with Gasteiger partial charge in [0.15, 0.2) is 0 Å². The van der Waals surface area contributed by atoms with Gasteiger partial charge >= 0.3 is 0 Å². The van der Waals surface area contributed by atoms with E-state index in [-0.39, 0.29) is 16.9 Å². The Morgan fingerprint density at radius 2 is 2.20 bits per heavy atom. The minimum Gasteiger partial charge on any atom is -0.392 e. The summed E-state index contributed by atoms with van der Waals surface area (Å²) >= 11 is 5.12. The molecule has 2 rings (SSSR count). The topological polar surface area (TPSA) is 55.6 Å². The van der Waals surface area contributed by atoms with Crippen molar-refractivity contribution in [2.75, 3.05) is 19.8 Å². The largest absolute Gasteiger partial charge is 0.392 e. The maximum absolute atomic E-state index is 12.8. The van der Waals surface area contributed by atoms with Crippen molar-refractivity contribution >= 4 is 23.1 Å². The van der Waals surface area contributed by atoms with Gasteiger partial charge < -0.3 is 15.4 Å². The second-order valence-electron chi connectivity index (χ2n) is 4.91. The molecular weight excluding hydrogens is 272 g/mol. The highest BCUT2D eigenvalue weighted by Gasteiger charge is 2.33. The Morgan fingerprint density at radius 1 is 1.50 bits per heavy atom. The van der Waals surface area contributed by atoms with Crippen molar-refractivity contribution in [1.82, 2.24) is 4.90 Å². The summed E-state index contributed by atoms with van der Waals surface area (Å²) in [5.41, 5.74) is 6.67. The van der Waals surface area contributed by atoms with Gasteiger partial charge in [0, 0.05) is 6.54 Å². The molecular formula is C15H20N2O2S. The van der Waals surface area contributed by atoms with Gasteiger partial charge in [0.05, 0.1) is 24.2 Å². The predicted octanol–water partition coefficient (Wildman–Crippen LogP) is 1.69. The summed E-state index contributed by atoms with van der Waals surface area (Å²) < 4.78 is 5.44. The molecule has 0 radical (unpaired) electrons. The van der Waals surface area contributed by atoms with Gasteiger partial charge in [-0.05, 0) is 12.0 Å². The lowest BCUT2D eigenvalue weighted by Gasteiger charge is -2.37. The number of carbonyl (C=O) groups is 1. The lowest BCUT2D eigenvalue weighted by molar-refractivity contribution is -0.140. The van der Waals surface area contributed by atoms with Crippen LogP contribution in [0.3, 0.4) is 0 Å². The van der Waals surface area contributed by atoms with Crippen LogP contribution in [0, 0.1) is 0 Å². The summed E-state index contributed by atoms with van der Waals surface area (Å²) in [6.07, 6.45) is 0.866. The average Bonchev–Trinajstić information content (AvgIpc) is 2.48. The number of ether oxygens (including phenoxy) is 1. The van der Waals surface area contributed by atoms with E-state index in [1.807, 2.05) is 35.2 Å². The van der Waals surface area contributed by atoms with Crippen LogP contribution in [-0.4, -0.2) is 41.6 Å². The minimum atomic E-state index is -0.543. The first-order valence-electron chi connectivity index (χ1n) is 6.87. The number of rotatable bonds is 4. The van der Waals surface area contributed by atoms with Crippen LogP contribution in [0.2, 0.25) is 0 Å². The fourth-order valence-corrected chi connectivity index (χ4v) is 2.76. The Bertz CT molecular complexity index is 478. The van der Waals surface area contributed by atoms with Crippen LogP contribution in [-0.2, 0) is 9.53 Å². The first kappa shape index (κ1) is 14.9. The predicted molar refractivity (Wildman–Crippen MR) is 82.6 cm³/mol. The summed E-state index contributed by atoms with van der Waals surface area (Å²) in [5, 5.41) is 0. The molecule has 0 bridgehead atoms. The molecule has 20 heavy (non-hydrogen) atoms. The van der Waals surface area contributed by atoms with E-state index in [2.05, 4.69) is 6.92 Å². The zero-order valence-electron chi connectivity index (χ0n) is 11.6. The van der Waals surface area contributed by atoms with E-state index in [9.17, 15) is 4.79 Å². The normalized spacial score (nSPS) is 20.4. The number of morpholine rings is 1. The molecule has 2 N–H and O–H groups in total. The van der Waals surface area contributed by atoms with Crippen LogP contribution in [0.25, 0.3) is 0 Å². The molecule has 5 heteroatoms. The van der Waals surface area contributed by atoms with E-state index in [1.165, 1.54) is 0 Å². The molecule has 1 aliphatic rings. The molecule has 1 aliphatic heterocycles. The SMILES string of the molecule is CCC1COCCN1C(=O)C(C(N)=S)c1ccccc1. The fraction of sp³-hybridized carbons (Fsp3) is 0.467. The molecule has 1 aromatic carbocycles. The molecule has 2 atom stereocenters. The zero-order chi connectivity index (χ0) is 14.5. The number of hydrogen-bond acceptors (Lipinski definition) is 3. The van der Waals surface area contributed by atoms with E-state index in [0.717, 1.165) is 12.0 Å². The van der Waals surface area contributed by atoms with E-state index >= 15 is 0 Å². The number of nitrogens with zero attached hydrogens (tertiary/aromatic N) is 1. The van der Waals surface area contributed by atoms with Crippen molar-refractivity contribution in [2.45, 2.75) is 25.3 Å². The van der Waals surface area contributed by atoms with Crippen LogP contribution in [0.15, 0.2) is 30.3 Å². The second-order valence-corrected chi connectivity index (χ2v) is 5.39. The molecule has 0 aliphatic carbocycles. The maximum Gasteiger partial charge on any atom is 0.237 e. The Balaban J connectivity index is 2.25. The molecule has 1 amide bonds. The standard InChI is InChI=1S/C15H20N2O2S/c1-2-12-10-19-9-8-17(12)15(18)13(14(16)20)11-6-4-3-5-7-11/h3-7,12-13H,2,8-10H2,1H3,(H2,16,20). The minimum absolute atomic E-state index is 0.0150. The van der Waals surface area contributed by atoms with Gasteiger partial charge in [-0.15, -0.1) is 0 Å². The molecule has 1 heterocycles. The van der Waals surface area contributed by atoms with Crippen molar-refractivity contribution in [3.63, 3.8) is 0 Å². The third kappa shape index (κ3) is 3.16. The fourth-order valence-electron chi connectivity index (χ4n) is 2.52. The van der Waals surface area contributed by atoms with Gasteiger partial charge in [0.1, 0.15) is 5.92 Å². The van der Waals surface area contributed by atoms with E-state index in [0.29, 0.717) is 19.8 Å². The van der Waals surface area contributed by atoms with Crippen molar-refractivity contribution in [3.8, 4) is 0 Å². The Morgan fingerprint density at radius 3 is 2.80 bits per heavy atom. The van der Waals surface area contributed by atoms with Gasteiger partial charge in [-0.3, -0.25) is 4.79 Å². The van der Waals surface area contributed by atoms with Crippen LogP contribution in [0.4, 0.5) is 0 Å². The lowest BCUT2D eigenvalue weighted by Crippen LogP contribution is -2.51. The molecule has 0 aromatic heterocycles. The number of thiocarbonyl (C=S) groups is 1. The van der Waals surface area contributed by atoms with Gasteiger partial charge in [-0.1, -0.05) is 49.5 Å². The van der Waals surface area contributed by atoms with E-state index in [4.69, 9.17) is 22.7 Å². The molecule has 108 valence electrons. The maximum atomic E-state index is 12.8. The summed E-state index contributed by atoms with van der Waals surface area (Å²) in [7, 11) is 0. The number of amides is 1. The van der Waals surface area contributed by atoms with Crippen LogP contribution < -0.4 is 5.73 Å². The number of nitrogens with two attached hydrogens (primary N) is 1. The Hall–Kier alpha value is -1.46. The average molecular weight is 292 g/mol. The highest BCUT2D eigenvalue weighted by Crippen LogP contribution is 2.22. The van der Waals surface area contributed by atoms with Gasteiger partial charge in [0.2, 0.25) is 5.91 Å². The first-order chi connectivity index (χ1) is 9.65. The van der Waals surface area contributed by atoms with Crippen LogP contribution >= 0.6 is 12.2 Å². The second kappa shape index (κ2) is 6.81. The van der Waals surface area contributed by atoms with Crippen LogP contribution in [0.5, 0.6) is 0 Å². The van der Waals surface area contributed by atoms with Crippen LogP contribution in [0.1, 0.15) is 24.8 Å². The van der Waals surface area contributed by atoms with Gasteiger partial charge in [-0.2, -0.15) is 0 Å². The summed E-state index contributed by atoms with van der Waals surface area (Å²) in [6.45, 7) is 3.81. The third-order valence-electron chi connectivity index (χ3n) is 3.65. The monoisotopic (exact) mass is 292 g/mol. The molecule has 2 unspecified atom stereocenters. The Kier molecular flexibility index (Phi) is 5.09. The van der Waals surface area contributed by atoms with Gasteiger partial charge in [0.25, 0.3) is 0 Å². The van der Waals surface area contributed by atoms with Crippen molar-refractivity contribution in [2.24, 2.45) is 5.73 Å². The third-order valence-corrected chi connectivity index (χ3v) is 3.88. The smallest absolute Gasteiger partial charge is 0.237 e. The zero-order valence-corrected chi connectivity index (χ0v) is 12.4. The molecule has 0 spiro atoms. The number of carbonyl (C=O) groups excluding carboxylic acids is 1. The molecule has 0 saturated carbocycles. The number of hydrogen-bond donors (Lipinski definition) is 1. The first-order valence-corrected chi connectivity index (χ1v) is 7.28. The molecule has 1 aromatic rings. The van der Waals surface area contributed by atoms with Crippen molar-refractivity contribution < 1.29 is 9.53 Å². The quantitative estimate of drug-likeness (QED) is 0.858. The summed E-state index contributed by atoms with van der Waals surface area (Å²) in [5.74, 6) is -0.558. The van der Waals surface area contributed by atoms with Crippen molar-refractivity contribution in [1.29, 1.82) is 0 Å². The van der Waals surface area contributed by atoms with Gasteiger partial charge in [-0.25, -0.2) is 0 Å². The summed E-state index contributed by atoms with van der Waals surface area (Å²) in [6, 6.07) is 9.59. The van der Waals surface area contributed by atoms with E-state index < -0.39 is 5.92 Å². The molecule has 1 saturated heterocycles. The summed E-state index contributed by atoms with van der Waals surface area (Å²) in [4.78, 5) is 14.9. The van der Waals surface area contributed by atoms with Crippen molar-refractivity contribution in [3.05, 3.63) is 35.9 Å². The lowest BCUT2D eigenvalue weighted by atomic mass is 9.96. The molecule has 1 fully saturated rings. The number of benzene rings is 1. The Labute approximate surface area is 124 Å². The highest BCUT2D eigenvalue weighted by molar-refractivity contribution is 7.80. The highest BCUT2D eigenvalue weighted by atomic mass is 32.1.